The third kappa shape index (κ3) is 4.26. The van der Waals surface area contributed by atoms with E-state index in [1.54, 1.807) is 16.8 Å². The molecule has 1 saturated carbocycles. The first-order valence-electron chi connectivity index (χ1n) is 12.2. The molecule has 3 unspecified atom stereocenters. The highest BCUT2D eigenvalue weighted by Crippen LogP contribution is 2.50. The summed E-state index contributed by atoms with van der Waals surface area (Å²) in [5, 5.41) is 4.65. The summed E-state index contributed by atoms with van der Waals surface area (Å²) in [7, 11) is -2.39. The summed E-state index contributed by atoms with van der Waals surface area (Å²) in [6.07, 6.45) is -1.88. The first-order chi connectivity index (χ1) is 17.4. The standard InChI is InChI=1S/C26H26F4N4O2S/c1-33-24(16-4-8-22(27)9-5-16)13-23(31-33)18-3-2-17-11-20-6-7-21(12-19(17)10-18)25(20)14-34(15-26(28,29)30)37(35,36)32-25/h2-5,8-10,13,20-21,32H,6-7,11-12,14-15H2,1H3. The molecule has 1 aliphatic heterocycles. The molecule has 3 atom stereocenters. The van der Waals surface area contributed by atoms with Gasteiger partial charge in [-0.15, -0.1) is 0 Å². The van der Waals surface area contributed by atoms with E-state index in [0.717, 1.165) is 46.5 Å². The maximum Gasteiger partial charge on any atom is 0.402 e. The average molecular weight is 535 g/mol. The molecule has 1 N–H and O–H groups in total. The van der Waals surface area contributed by atoms with Gasteiger partial charge in [0.15, 0.2) is 0 Å². The Bertz CT molecular complexity index is 1470. The van der Waals surface area contributed by atoms with Gasteiger partial charge in [-0.3, -0.25) is 4.68 Å². The van der Waals surface area contributed by atoms with Crippen LogP contribution >= 0.6 is 0 Å². The average Bonchev–Trinajstić information content (AvgIpc) is 3.38. The van der Waals surface area contributed by atoms with Crippen molar-refractivity contribution in [1.82, 2.24) is 18.8 Å². The molecule has 0 amide bonds. The number of rotatable bonds is 3. The monoisotopic (exact) mass is 534 g/mol. The fourth-order valence-corrected chi connectivity index (χ4v) is 8.21. The quantitative estimate of drug-likeness (QED) is 0.505. The Kier molecular flexibility index (Phi) is 5.56. The summed E-state index contributed by atoms with van der Waals surface area (Å²) in [6.45, 7) is -1.64. The molecule has 3 aliphatic rings. The van der Waals surface area contributed by atoms with Gasteiger partial charge < -0.3 is 0 Å². The van der Waals surface area contributed by atoms with Crippen molar-refractivity contribution in [3.8, 4) is 22.5 Å². The normalized spacial score (nSPS) is 26.9. The van der Waals surface area contributed by atoms with Crippen molar-refractivity contribution in [2.75, 3.05) is 13.1 Å². The van der Waals surface area contributed by atoms with Gasteiger partial charge in [-0.1, -0.05) is 12.1 Å². The molecule has 2 aromatic carbocycles. The Hall–Kier alpha value is -2.76. The number of hydrogen-bond acceptors (Lipinski definition) is 3. The van der Waals surface area contributed by atoms with Gasteiger partial charge in [0.25, 0.3) is 10.2 Å². The van der Waals surface area contributed by atoms with Crippen LogP contribution in [0.4, 0.5) is 17.6 Å². The largest absolute Gasteiger partial charge is 0.402 e. The highest BCUT2D eigenvalue weighted by Gasteiger charge is 2.60. The lowest BCUT2D eigenvalue weighted by atomic mass is 9.79. The van der Waals surface area contributed by atoms with E-state index in [9.17, 15) is 26.0 Å². The van der Waals surface area contributed by atoms with E-state index in [1.807, 2.05) is 25.2 Å². The molecule has 1 saturated heterocycles. The highest BCUT2D eigenvalue weighted by atomic mass is 32.2. The van der Waals surface area contributed by atoms with Gasteiger partial charge >= 0.3 is 6.18 Å². The summed E-state index contributed by atoms with van der Waals surface area (Å²) >= 11 is 0. The number of halogens is 4. The maximum absolute atomic E-state index is 13.4. The lowest BCUT2D eigenvalue weighted by molar-refractivity contribution is -0.136. The Morgan fingerprint density at radius 3 is 2.32 bits per heavy atom. The summed E-state index contributed by atoms with van der Waals surface area (Å²) in [6, 6.07) is 14.2. The number of nitrogens with one attached hydrogen (secondary N) is 1. The van der Waals surface area contributed by atoms with Crippen LogP contribution in [0, 0.1) is 17.7 Å². The Balaban J connectivity index is 1.31. The van der Waals surface area contributed by atoms with Crippen molar-refractivity contribution in [2.24, 2.45) is 18.9 Å². The smallest absolute Gasteiger partial charge is 0.267 e. The molecule has 0 radical (unpaired) electrons. The van der Waals surface area contributed by atoms with Gasteiger partial charge in [0.05, 0.1) is 16.9 Å². The number of aromatic nitrogens is 2. The van der Waals surface area contributed by atoms with Gasteiger partial charge in [0, 0.05) is 19.2 Å². The molecule has 3 aromatic rings. The minimum atomic E-state index is -4.60. The van der Waals surface area contributed by atoms with Crippen LogP contribution in [0.1, 0.15) is 24.0 Å². The van der Waals surface area contributed by atoms with Crippen molar-refractivity contribution in [2.45, 2.75) is 37.4 Å². The van der Waals surface area contributed by atoms with E-state index in [-0.39, 0.29) is 24.2 Å². The van der Waals surface area contributed by atoms with Gasteiger partial charge in [-0.05, 0) is 90.6 Å². The van der Waals surface area contributed by atoms with E-state index in [0.29, 0.717) is 17.1 Å². The van der Waals surface area contributed by atoms with Crippen molar-refractivity contribution in [3.05, 3.63) is 65.5 Å². The lowest BCUT2D eigenvalue weighted by Crippen LogP contribution is -2.52. The molecule has 37 heavy (non-hydrogen) atoms. The van der Waals surface area contributed by atoms with Crippen molar-refractivity contribution in [3.63, 3.8) is 0 Å². The molecular weight excluding hydrogens is 508 g/mol. The molecule has 6 rings (SSSR count). The Morgan fingerprint density at radius 1 is 1.00 bits per heavy atom. The number of aryl methyl sites for hydroxylation is 1. The topological polar surface area (TPSA) is 67.2 Å². The molecule has 2 fully saturated rings. The van der Waals surface area contributed by atoms with Crippen LogP contribution in [0.15, 0.2) is 48.5 Å². The first kappa shape index (κ1) is 24.6. The second kappa shape index (κ2) is 8.37. The fourth-order valence-electron chi connectivity index (χ4n) is 6.50. The lowest BCUT2D eigenvalue weighted by Gasteiger charge is -2.33. The van der Waals surface area contributed by atoms with Crippen LogP contribution in [0.2, 0.25) is 0 Å². The van der Waals surface area contributed by atoms with Crippen LogP contribution in [-0.4, -0.2) is 47.3 Å². The van der Waals surface area contributed by atoms with Crippen LogP contribution in [-0.2, 0) is 30.1 Å². The number of benzene rings is 2. The van der Waals surface area contributed by atoms with E-state index in [2.05, 4.69) is 15.9 Å². The fraction of sp³-hybridized carbons (Fsp3) is 0.423. The molecule has 1 aromatic heterocycles. The van der Waals surface area contributed by atoms with Crippen LogP contribution in [0.3, 0.4) is 0 Å². The SMILES string of the molecule is Cn1nc(-c2ccc3c(c2)CC2CCC(C3)C23CN(CC(F)(F)F)S(=O)(=O)N3)cc1-c1ccc(F)cc1. The molecule has 6 nitrogen and oxygen atoms in total. The Labute approximate surface area is 212 Å². The number of nitrogens with zero attached hydrogens (tertiary/aromatic N) is 3. The van der Waals surface area contributed by atoms with Gasteiger partial charge in [0.2, 0.25) is 0 Å². The zero-order chi connectivity index (χ0) is 26.2. The van der Waals surface area contributed by atoms with E-state index in [1.165, 1.54) is 12.1 Å². The molecule has 2 heterocycles. The van der Waals surface area contributed by atoms with E-state index >= 15 is 0 Å². The van der Waals surface area contributed by atoms with Crippen LogP contribution in [0.25, 0.3) is 22.5 Å². The highest BCUT2D eigenvalue weighted by molar-refractivity contribution is 7.87. The predicted octanol–water partition coefficient (Wildman–Crippen LogP) is 4.47. The van der Waals surface area contributed by atoms with E-state index in [4.69, 9.17) is 0 Å². The Morgan fingerprint density at radius 2 is 1.65 bits per heavy atom. The molecular formula is C26H26F4N4O2S. The number of hydrogen-bond donors (Lipinski definition) is 1. The molecule has 2 aliphatic carbocycles. The van der Waals surface area contributed by atoms with Crippen molar-refractivity contribution < 1.29 is 26.0 Å². The second-order valence-corrected chi connectivity index (χ2v) is 12.1. The molecule has 1 spiro atoms. The van der Waals surface area contributed by atoms with E-state index < -0.39 is 28.5 Å². The number of fused-ring (bicyclic) bond motifs is 1. The van der Waals surface area contributed by atoms with Gasteiger partial charge in [-0.25, -0.2) is 4.39 Å². The molecule has 2 bridgehead atoms. The summed E-state index contributed by atoms with van der Waals surface area (Å²) in [5.74, 6) is -0.479. The number of alkyl halides is 3. The zero-order valence-corrected chi connectivity index (χ0v) is 20.9. The van der Waals surface area contributed by atoms with Crippen LogP contribution < -0.4 is 4.72 Å². The third-order valence-electron chi connectivity index (χ3n) is 8.23. The van der Waals surface area contributed by atoms with Crippen LogP contribution in [0.5, 0.6) is 0 Å². The minimum absolute atomic E-state index is 0.0717. The third-order valence-corrected chi connectivity index (χ3v) is 9.80. The van der Waals surface area contributed by atoms with Gasteiger partial charge in [-0.2, -0.15) is 35.7 Å². The van der Waals surface area contributed by atoms with Crippen molar-refractivity contribution >= 4 is 10.2 Å². The first-order valence-corrected chi connectivity index (χ1v) is 13.7. The zero-order valence-electron chi connectivity index (χ0n) is 20.1. The molecule has 11 heteroatoms. The van der Waals surface area contributed by atoms with Gasteiger partial charge in [0.1, 0.15) is 12.4 Å². The molecule has 196 valence electrons. The maximum atomic E-state index is 13.4. The summed E-state index contributed by atoms with van der Waals surface area (Å²) < 4.78 is 83.1. The minimum Gasteiger partial charge on any atom is -0.267 e. The predicted molar refractivity (Wildman–Crippen MR) is 130 cm³/mol. The summed E-state index contributed by atoms with van der Waals surface area (Å²) in [4.78, 5) is 0. The van der Waals surface area contributed by atoms with Crippen molar-refractivity contribution in [1.29, 1.82) is 0 Å². The second-order valence-electron chi connectivity index (χ2n) is 10.4. The summed E-state index contributed by atoms with van der Waals surface area (Å²) in [5.41, 5.74) is 4.61.